The van der Waals surface area contributed by atoms with E-state index in [0.29, 0.717) is 21.8 Å². The van der Waals surface area contributed by atoms with Gasteiger partial charge in [-0.1, -0.05) is 52.6 Å². The molecule has 8 nitrogen and oxygen atoms in total. The molecule has 39 heavy (non-hydrogen) atoms. The maximum absolute atomic E-state index is 12.6. The van der Waals surface area contributed by atoms with Crippen molar-refractivity contribution in [2.24, 2.45) is 5.73 Å². The molecule has 1 aliphatic heterocycles. The van der Waals surface area contributed by atoms with Gasteiger partial charge in [-0.15, -0.1) is 11.3 Å². The van der Waals surface area contributed by atoms with Crippen LogP contribution in [0.5, 0.6) is 0 Å². The number of benzene rings is 2. The molecule has 0 saturated carbocycles. The van der Waals surface area contributed by atoms with Gasteiger partial charge < -0.3 is 10.3 Å². The third-order valence-corrected chi connectivity index (χ3v) is 9.38. The molecule has 4 aromatic rings. The summed E-state index contributed by atoms with van der Waals surface area (Å²) in [5.74, 6) is 0.915. The molecular formula is C27H28Cl2N6O2S2. The Labute approximate surface area is 245 Å². The van der Waals surface area contributed by atoms with Gasteiger partial charge in [-0.3, -0.25) is 14.0 Å². The van der Waals surface area contributed by atoms with Gasteiger partial charge in [-0.2, -0.15) is 4.98 Å². The smallest absolute Gasteiger partial charge is 0.243 e. The number of halogens is 2. The number of piperidine rings is 1. The number of rotatable bonds is 8. The fraction of sp³-hybridized carbons (Fsp3) is 0.333. The molecule has 1 amide bonds. The zero-order valence-corrected chi connectivity index (χ0v) is 24.7. The minimum Gasteiger partial charge on any atom is -0.337 e. The second kappa shape index (κ2) is 12.4. The summed E-state index contributed by atoms with van der Waals surface area (Å²) in [6, 6.07) is 13.4. The first-order valence-corrected chi connectivity index (χ1v) is 15.0. The van der Waals surface area contributed by atoms with Crippen molar-refractivity contribution < 1.29 is 9.32 Å². The molecule has 204 valence electrons. The van der Waals surface area contributed by atoms with Crippen molar-refractivity contribution in [2.45, 2.75) is 49.7 Å². The van der Waals surface area contributed by atoms with E-state index in [1.807, 2.05) is 52.1 Å². The van der Waals surface area contributed by atoms with Gasteiger partial charge in [0, 0.05) is 61.1 Å². The highest BCUT2D eigenvalue weighted by Gasteiger charge is 2.28. The van der Waals surface area contributed by atoms with Crippen LogP contribution in [-0.4, -0.2) is 49.4 Å². The van der Waals surface area contributed by atoms with Gasteiger partial charge in [0.05, 0.1) is 21.8 Å². The third-order valence-electron chi connectivity index (χ3n) is 6.50. The fourth-order valence-corrected chi connectivity index (χ4v) is 6.70. The van der Waals surface area contributed by atoms with E-state index < -0.39 is 0 Å². The first kappa shape index (κ1) is 28.1. The minimum atomic E-state index is -0.327. The van der Waals surface area contributed by atoms with Crippen molar-refractivity contribution in [1.29, 1.82) is 0 Å². The highest BCUT2D eigenvalue weighted by Crippen LogP contribution is 2.35. The van der Waals surface area contributed by atoms with E-state index in [-0.39, 0.29) is 18.0 Å². The first-order chi connectivity index (χ1) is 18.8. The Morgan fingerprint density at radius 1 is 1.18 bits per heavy atom. The number of amides is 1. The van der Waals surface area contributed by atoms with Crippen LogP contribution < -0.4 is 5.73 Å². The lowest BCUT2D eigenvalue weighted by atomic mass is 10.0. The quantitative estimate of drug-likeness (QED) is 0.222. The van der Waals surface area contributed by atoms with Crippen LogP contribution in [0, 0.1) is 0 Å². The lowest BCUT2D eigenvalue weighted by Gasteiger charge is -2.37. The average Bonchev–Trinajstić information content (AvgIpc) is 3.61. The minimum absolute atomic E-state index is 0.0312. The molecule has 0 aliphatic carbocycles. The lowest BCUT2D eigenvalue weighted by Crippen LogP contribution is -2.43. The van der Waals surface area contributed by atoms with Gasteiger partial charge in [-0.25, -0.2) is 4.98 Å². The number of likely N-dealkylation sites (tertiary alicyclic amines) is 1. The number of aromatic nitrogens is 3. The summed E-state index contributed by atoms with van der Waals surface area (Å²) in [7, 11) is 0. The standard InChI is InChI=1S/C27H28Cl2N6O2S2/c1-16(30)26-32-25(33-37-26)20-5-3-4-19(13-20)24-15-38-27(31-24)39-35(17(2)36)21-8-10-34(11-9-21)14-18-6-7-22(28)23(29)12-18/h3-7,12-13,15-16,21H,8-11,14,30H2,1-2H3/t16-/m0/s1. The molecular weight excluding hydrogens is 575 g/mol. The van der Waals surface area contributed by atoms with Gasteiger partial charge >= 0.3 is 0 Å². The topological polar surface area (TPSA) is 101 Å². The van der Waals surface area contributed by atoms with Crippen molar-refractivity contribution in [3.8, 4) is 22.6 Å². The summed E-state index contributed by atoms with van der Waals surface area (Å²) in [6.45, 7) is 6.02. The molecule has 1 saturated heterocycles. The summed E-state index contributed by atoms with van der Waals surface area (Å²) in [6.07, 6.45) is 1.78. The Balaban J connectivity index is 1.22. The fourth-order valence-electron chi connectivity index (χ4n) is 4.48. The van der Waals surface area contributed by atoms with E-state index in [1.54, 1.807) is 13.8 Å². The van der Waals surface area contributed by atoms with Crippen LogP contribution in [-0.2, 0) is 11.3 Å². The van der Waals surface area contributed by atoms with Crippen LogP contribution in [0.25, 0.3) is 22.6 Å². The van der Waals surface area contributed by atoms with Crippen LogP contribution in [0.15, 0.2) is 56.7 Å². The molecule has 1 atom stereocenters. The van der Waals surface area contributed by atoms with Gasteiger partial charge in [0.2, 0.25) is 17.6 Å². The maximum Gasteiger partial charge on any atom is 0.243 e. The van der Waals surface area contributed by atoms with E-state index in [9.17, 15) is 4.79 Å². The second-order valence-electron chi connectivity index (χ2n) is 9.52. The van der Waals surface area contributed by atoms with Crippen LogP contribution in [0.1, 0.15) is 44.2 Å². The van der Waals surface area contributed by atoms with Gasteiger partial charge in [0.1, 0.15) is 0 Å². The Morgan fingerprint density at radius 3 is 2.64 bits per heavy atom. The molecule has 12 heteroatoms. The van der Waals surface area contributed by atoms with E-state index in [1.165, 1.54) is 23.3 Å². The van der Waals surface area contributed by atoms with E-state index in [0.717, 1.165) is 59.2 Å². The number of carbonyl (C=O) groups excluding carboxylic acids is 1. The number of nitrogens with two attached hydrogens (primary N) is 1. The Morgan fingerprint density at radius 2 is 1.95 bits per heavy atom. The largest absolute Gasteiger partial charge is 0.337 e. The molecule has 0 radical (unpaired) electrons. The second-order valence-corrected chi connectivity index (χ2v) is 12.4. The monoisotopic (exact) mass is 602 g/mol. The summed E-state index contributed by atoms with van der Waals surface area (Å²) < 4.78 is 7.95. The van der Waals surface area contributed by atoms with E-state index in [2.05, 4.69) is 15.0 Å². The Kier molecular flexibility index (Phi) is 8.90. The molecule has 2 aromatic heterocycles. The highest BCUT2D eigenvalue weighted by atomic mass is 35.5. The summed E-state index contributed by atoms with van der Waals surface area (Å²) in [4.78, 5) is 24.2. The van der Waals surface area contributed by atoms with Crippen molar-refractivity contribution in [1.82, 2.24) is 24.3 Å². The van der Waals surface area contributed by atoms with E-state index in [4.69, 9.17) is 38.4 Å². The Bertz CT molecular complexity index is 1450. The lowest BCUT2D eigenvalue weighted by molar-refractivity contribution is -0.125. The number of hydrogen-bond donors (Lipinski definition) is 1. The van der Waals surface area contributed by atoms with Crippen LogP contribution in [0.3, 0.4) is 0 Å². The molecule has 0 unspecified atom stereocenters. The SMILES string of the molecule is CC(=O)N(Sc1nc(-c2cccc(-c3noc([C@H](C)N)n3)c2)cs1)C1CCN(Cc2ccc(Cl)c(Cl)c2)CC1. The maximum atomic E-state index is 12.6. The summed E-state index contributed by atoms with van der Waals surface area (Å²) >= 11 is 15.2. The molecule has 1 fully saturated rings. The third kappa shape index (κ3) is 6.82. The van der Waals surface area contributed by atoms with Gasteiger partial charge in [0.15, 0.2) is 4.34 Å². The van der Waals surface area contributed by atoms with E-state index >= 15 is 0 Å². The van der Waals surface area contributed by atoms with Crippen molar-refractivity contribution in [2.75, 3.05) is 13.1 Å². The molecule has 0 spiro atoms. The van der Waals surface area contributed by atoms with Crippen molar-refractivity contribution in [3.63, 3.8) is 0 Å². The summed E-state index contributed by atoms with van der Waals surface area (Å²) in [5.41, 5.74) is 9.57. The molecule has 2 N–H and O–H groups in total. The predicted octanol–water partition coefficient (Wildman–Crippen LogP) is 6.71. The number of thiazole rings is 1. The molecule has 5 rings (SSSR count). The molecule has 0 bridgehead atoms. The number of carbonyl (C=O) groups is 1. The zero-order valence-electron chi connectivity index (χ0n) is 21.5. The number of hydrogen-bond acceptors (Lipinski definition) is 9. The molecule has 3 heterocycles. The highest BCUT2D eigenvalue weighted by molar-refractivity contribution is 7.99. The van der Waals surface area contributed by atoms with Crippen LogP contribution in [0.4, 0.5) is 0 Å². The predicted molar refractivity (Wildman–Crippen MR) is 157 cm³/mol. The van der Waals surface area contributed by atoms with Crippen molar-refractivity contribution in [3.05, 3.63) is 69.3 Å². The Hall–Kier alpha value is -2.47. The van der Waals surface area contributed by atoms with Crippen LogP contribution >= 0.6 is 46.5 Å². The van der Waals surface area contributed by atoms with Gasteiger partial charge in [-0.05, 0) is 43.5 Å². The molecule has 2 aromatic carbocycles. The normalized spacial score (nSPS) is 15.4. The zero-order chi connectivity index (χ0) is 27.5. The van der Waals surface area contributed by atoms with Crippen LogP contribution in [0.2, 0.25) is 10.0 Å². The van der Waals surface area contributed by atoms with Gasteiger partial charge in [0.25, 0.3) is 0 Å². The number of nitrogens with zero attached hydrogens (tertiary/aromatic N) is 5. The average molecular weight is 604 g/mol. The summed E-state index contributed by atoms with van der Waals surface area (Å²) in [5, 5.41) is 7.19. The first-order valence-electron chi connectivity index (χ1n) is 12.6. The molecule has 1 aliphatic rings. The van der Waals surface area contributed by atoms with Crippen molar-refractivity contribution >= 4 is 52.4 Å².